The van der Waals surface area contributed by atoms with E-state index in [4.69, 9.17) is 23.2 Å². The number of halogens is 2. The summed E-state index contributed by atoms with van der Waals surface area (Å²) in [6, 6.07) is 7.13. The number of para-hydroxylation sites is 1. The second-order valence-electron chi connectivity index (χ2n) is 4.63. The predicted molar refractivity (Wildman–Crippen MR) is 84.4 cm³/mol. The Labute approximate surface area is 132 Å². The summed E-state index contributed by atoms with van der Waals surface area (Å²) >= 11 is 11.8. The van der Waals surface area contributed by atoms with Crippen molar-refractivity contribution in [3.05, 3.63) is 46.3 Å². The van der Waals surface area contributed by atoms with Crippen molar-refractivity contribution in [2.45, 2.75) is 19.9 Å². The van der Waals surface area contributed by atoms with Crippen molar-refractivity contribution in [1.29, 1.82) is 0 Å². The summed E-state index contributed by atoms with van der Waals surface area (Å²) in [5.41, 5.74) is 1.09. The highest BCUT2D eigenvalue weighted by molar-refractivity contribution is 6.33. The molecular formula is C14H14Cl2N4O. The fraction of sp³-hybridized carbons (Fsp3) is 0.214. The minimum absolute atomic E-state index is 0.0441. The zero-order valence-corrected chi connectivity index (χ0v) is 13.0. The van der Waals surface area contributed by atoms with Gasteiger partial charge in [-0.3, -0.25) is 4.79 Å². The van der Waals surface area contributed by atoms with Crippen molar-refractivity contribution in [3.8, 4) is 0 Å². The van der Waals surface area contributed by atoms with Crippen LogP contribution in [-0.2, 0) is 0 Å². The van der Waals surface area contributed by atoms with E-state index in [9.17, 15) is 4.79 Å². The van der Waals surface area contributed by atoms with Gasteiger partial charge in [-0.1, -0.05) is 23.7 Å². The van der Waals surface area contributed by atoms with Crippen molar-refractivity contribution < 1.29 is 4.79 Å². The fourth-order valence-electron chi connectivity index (χ4n) is 1.69. The molecule has 0 saturated heterocycles. The first-order valence-corrected chi connectivity index (χ1v) is 7.08. The molecule has 21 heavy (non-hydrogen) atoms. The van der Waals surface area contributed by atoms with Crippen LogP contribution in [0, 0.1) is 0 Å². The Bertz CT molecular complexity index is 661. The van der Waals surface area contributed by atoms with Crippen LogP contribution in [0.25, 0.3) is 0 Å². The van der Waals surface area contributed by atoms with Gasteiger partial charge in [-0.2, -0.15) is 4.98 Å². The number of carbonyl (C=O) groups is 1. The first-order chi connectivity index (χ1) is 9.97. The van der Waals surface area contributed by atoms with Gasteiger partial charge in [0.05, 0.1) is 17.4 Å². The summed E-state index contributed by atoms with van der Waals surface area (Å²) in [5.74, 6) is 0.172. The van der Waals surface area contributed by atoms with E-state index in [0.29, 0.717) is 22.1 Å². The monoisotopic (exact) mass is 324 g/mol. The summed E-state index contributed by atoms with van der Waals surface area (Å²) in [7, 11) is 0. The highest BCUT2D eigenvalue weighted by Gasteiger charge is 2.13. The molecule has 0 aliphatic heterocycles. The molecule has 5 nitrogen and oxygen atoms in total. The van der Waals surface area contributed by atoms with E-state index in [1.807, 2.05) is 19.9 Å². The molecule has 110 valence electrons. The lowest BCUT2D eigenvalue weighted by Crippen LogP contribution is -2.30. The van der Waals surface area contributed by atoms with Crippen LogP contribution in [0.2, 0.25) is 10.3 Å². The molecule has 0 atom stereocenters. The standard InChI is InChI=1S/C14H14Cl2N4O/c1-8(2)18-13(21)9-5-3-4-6-11(9)19-12-10(15)7-17-14(16)20-12/h3-8H,1-2H3,(H,18,21)(H,17,19,20). The summed E-state index contributed by atoms with van der Waals surface area (Å²) in [5, 5.41) is 6.24. The summed E-state index contributed by atoms with van der Waals surface area (Å²) in [4.78, 5) is 20.0. The Hall–Kier alpha value is -1.85. The molecule has 0 aliphatic carbocycles. The number of carbonyl (C=O) groups excluding carboxylic acids is 1. The van der Waals surface area contributed by atoms with Gasteiger partial charge in [-0.15, -0.1) is 0 Å². The van der Waals surface area contributed by atoms with Crippen molar-refractivity contribution in [2.75, 3.05) is 5.32 Å². The number of anilines is 2. The number of amides is 1. The minimum Gasteiger partial charge on any atom is -0.350 e. The summed E-state index contributed by atoms with van der Waals surface area (Å²) < 4.78 is 0. The number of nitrogens with one attached hydrogen (secondary N) is 2. The van der Waals surface area contributed by atoms with E-state index >= 15 is 0 Å². The zero-order valence-electron chi connectivity index (χ0n) is 11.5. The number of rotatable bonds is 4. The van der Waals surface area contributed by atoms with Crippen molar-refractivity contribution in [1.82, 2.24) is 15.3 Å². The van der Waals surface area contributed by atoms with Crippen LogP contribution in [0.15, 0.2) is 30.5 Å². The lowest BCUT2D eigenvalue weighted by molar-refractivity contribution is 0.0944. The molecule has 0 spiro atoms. The lowest BCUT2D eigenvalue weighted by atomic mass is 10.1. The smallest absolute Gasteiger partial charge is 0.253 e. The summed E-state index contributed by atoms with van der Waals surface area (Å²) in [6.07, 6.45) is 1.40. The molecule has 1 heterocycles. The Morgan fingerprint density at radius 1 is 1.24 bits per heavy atom. The van der Waals surface area contributed by atoms with Gasteiger partial charge < -0.3 is 10.6 Å². The van der Waals surface area contributed by atoms with E-state index < -0.39 is 0 Å². The molecule has 1 amide bonds. The lowest BCUT2D eigenvalue weighted by Gasteiger charge is -2.14. The first kappa shape index (κ1) is 15.5. The molecule has 1 aromatic heterocycles. The molecule has 0 unspecified atom stereocenters. The highest BCUT2D eigenvalue weighted by atomic mass is 35.5. The number of benzene rings is 1. The first-order valence-electron chi connectivity index (χ1n) is 6.32. The number of nitrogens with zero attached hydrogens (tertiary/aromatic N) is 2. The third kappa shape index (κ3) is 4.06. The second kappa shape index (κ2) is 6.74. The highest BCUT2D eigenvalue weighted by Crippen LogP contribution is 2.25. The van der Waals surface area contributed by atoms with Crippen LogP contribution in [-0.4, -0.2) is 21.9 Å². The topological polar surface area (TPSA) is 66.9 Å². The van der Waals surface area contributed by atoms with Gasteiger partial charge in [0, 0.05) is 6.04 Å². The maximum Gasteiger partial charge on any atom is 0.253 e. The average molecular weight is 325 g/mol. The SMILES string of the molecule is CC(C)NC(=O)c1ccccc1Nc1nc(Cl)ncc1Cl. The van der Waals surface area contributed by atoms with Gasteiger partial charge in [-0.05, 0) is 37.6 Å². The third-order valence-electron chi connectivity index (χ3n) is 2.56. The van der Waals surface area contributed by atoms with Gasteiger partial charge in [0.2, 0.25) is 5.28 Å². The van der Waals surface area contributed by atoms with Crippen LogP contribution in [0.4, 0.5) is 11.5 Å². The number of hydrogen-bond donors (Lipinski definition) is 2. The van der Waals surface area contributed by atoms with Gasteiger partial charge in [0.1, 0.15) is 5.02 Å². The molecule has 7 heteroatoms. The molecule has 2 aromatic rings. The normalized spacial score (nSPS) is 10.5. The Morgan fingerprint density at radius 2 is 1.95 bits per heavy atom. The molecule has 0 bridgehead atoms. The third-order valence-corrected chi connectivity index (χ3v) is 3.02. The maximum atomic E-state index is 12.2. The van der Waals surface area contributed by atoms with Crippen LogP contribution >= 0.6 is 23.2 Å². The van der Waals surface area contributed by atoms with Crippen molar-refractivity contribution >= 4 is 40.6 Å². The van der Waals surface area contributed by atoms with Crippen LogP contribution in [0.5, 0.6) is 0 Å². The number of aromatic nitrogens is 2. The Kier molecular flexibility index (Phi) is 4.98. The van der Waals surface area contributed by atoms with E-state index in [2.05, 4.69) is 20.6 Å². The molecule has 0 fully saturated rings. The molecule has 0 saturated carbocycles. The van der Waals surface area contributed by atoms with E-state index in [0.717, 1.165) is 0 Å². The zero-order chi connectivity index (χ0) is 15.4. The maximum absolute atomic E-state index is 12.2. The Morgan fingerprint density at radius 3 is 2.67 bits per heavy atom. The van der Waals surface area contributed by atoms with Crippen molar-refractivity contribution in [3.63, 3.8) is 0 Å². The largest absolute Gasteiger partial charge is 0.350 e. The van der Waals surface area contributed by atoms with Crippen LogP contribution < -0.4 is 10.6 Å². The molecule has 2 rings (SSSR count). The van der Waals surface area contributed by atoms with Gasteiger partial charge in [-0.25, -0.2) is 4.98 Å². The molecule has 2 N–H and O–H groups in total. The van der Waals surface area contributed by atoms with Gasteiger partial charge in [0.15, 0.2) is 5.82 Å². The molecule has 1 aromatic carbocycles. The minimum atomic E-state index is -0.177. The van der Waals surface area contributed by atoms with Gasteiger partial charge >= 0.3 is 0 Å². The quantitative estimate of drug-likeness (QED) is 0.842. The Balaban J connectivity index is 2.32. The predicted octanol–water partition coefficient (Wildman–Crippen LogP) is 3.67. The number of hydrogen-bond acceptors (Lipinski definition) is 4. The van der Waals surface area contributed by atoms with Crippen LogP contribution in [0.3, 0.4) is 0 Å². The molecule has 0 aliphatic rings. The van der Waals surface area contributed by atoms with E-state index in [1.54, 1.807) is 18.2 Å². The average Bonchev–Trinajstić information content (AvgIpc) is 2.42. The fourth-order valence-corrected chi connectivity index (χ4v) is 1.96. The second-order valence-corrected chi connectivity index (χ2v) is 5.38. The molecular weight excluding hydrogens is 311 g/mol. The summed E-state index contributed by atoms with van der Waals surface area (Å²) in [6.45, 7) is 3.80. The molecule has 0 radical (unpaired) electrons. The van der Waals surface area contributed by atoms with Crippen LogP contribution in [0.1, 0.15) is 24.2 Å². The van der Waals surface area contributed by atoms with Crippen molar-refractivity contribution in [2.24, 2.45) is 0 Å². The van der Waals surface area contributed by atoms with E-state index in [-0.39, 0.29) is 17.2 Å². The van der Waals surface area contributed by atoms with Gasteiger partial charge in [0.25, 0.3) is 5.91 Å². The van der Waals surface area contributed by atoms with E-state index in [1.165, 1.54) is 6.20 Å².